The molecule has 0 atom stereocenters. The van der Waals surface area contributed by atoms with Crippen molar-refractivity contribution in [3.63, 3.8) is 0 Å². The third kappa shape index (κ3) is 3.82. The lowest BCUT2D eigenvalue weighted by molar-refractivity contribution is 0.102. The molecule has 0 aliphatic carbocycles. The van der Waals surface area contributed by atoms with E-state index in [1.165, 1.54) is 21.7 Å². The van der Waals surface area contributed by atoms with Gasteiger partial charge in [0.25, 0.3) is 5.91 Å². The molecule has 2 rings (SSSR count). The molecule has 0 aliphatic rings. The Balaban J connectivity index is 2.36. The van der Waals surface area contributed by atoms with Crippen molar-refractivity contribution in [2.75, 3.05) is 18.4 Å². The molecule has 130 valence electrons. The van der Waals surface area contributed by atoms with E-state index in [9.17, 15) is 13.2 Å². The minimum absolute atomic E-state index is 0.161. The second-order valence-corrected chi connectivity index (χ2v) is 8.44. The maximum Gasteiger partial charge on any atom is 0.257 e. The smallest absolute Gasteiger partial charge is 0.257 e. The lowest BCUT2D eigenvalue weighted by Crippen LogP contribution is -2.31. The molecule has 6 nitrogen and oxygen atoms in total. The number of benzene rings is 1. The summed E-state index contributed by atoms with van der Waals surface area (Å²) in [6.45, 7) is 7.96. The van der Waals surface area contributed by atoms with Crippen LogP contribution in [0.15, 0.2) is 29.3 Å². The molecular formula is C16H21N3O3S2. The summed E-state index contributed by atoms with van der Waals surface area (Å²) in [6, 6.07) is 4.70. The molecule has 24 heavy (non-hydrogen) atoms. The number of hydrogen-bond acceptors (Lipinski definition) is 5. The molecule has 0 bridgehead atoms. The number of aromatic nitrogens is 1. The molecule has 1 heterocycles. The maximum absolute atomic E-state index is 12.7. The predicted molar refractivity (Wildman–Crippen MR) is 96.1 cm³/mol. The molecule has 2 aromatic rings. The number of thiazole rings is 1. The number of carbonyl (C=O) groups excluding carboxylic acids is 1. The molecule has 0 fully saturated rings. The summed E-state index contributed by atoms with van der Waals surface area (Å²) in [6.07, 6.45) is 1.67. The third-order valence-corrected chi connectivity index (χ3v) is 6.64. The number of nitrogens with one attached hydrogen (secondary N) is 1. The molecule has 0 radical (unpaired) electrons. The highest BCUT2D eigenvalue weighted by Crippen LogP contribution is 2.23. The predicted octanol–water partition coefficient (Wildman–Crippen LogP) is 3.04. The van der Waals surface area contributed by atoms with Gasteiger partial charge in [0.05, 0.1) is 4.90 Å². The van der Waals surface area contributed by atoms with Crippen LogP contribution in [0.25, 0.3) is 0 Å². The number of nitrogens with zero attached hydrogens (tertiary/aromatic N) is 2. The van der Waals surface area contributed by atoms with Gasteiger partial charge in [-0.05, 0) is 31.5 Å². The van der Waals surface area contributed by atoms with Gasteiger partial charge in [0.2, 0.25) is 10.0 Å². The molecule has 0 spiro atoms. The zero-order chi connectivity index (χ0) is 17.9. The van der Waals surface area contributed by atoms with Crippen LogP contribution in [-0.4, -0.2) is 36.7 Å². The summed E-state index contributed by atoms with van der Waals surface area (Å²) < 4.78 is 26.8. The number of anilines is 1. The Morgan fingerprint density at radius 2 is 1.92 bits per heavy atom. The average molecular weight is 367 g/mol. The van der Waals surface area contributed by atoms with Crippen LogP contribution in [0.1, 0.15) is 34.6 Å². The first-order valence-corrected chi connectivity index (χ1v) is 9.89. The van der Waals surface area contributed by atoms with Crippen LogP contribution in [-0.2, 0) is 10.0 Å². The summed E-state index contributed by atoms with van der Waals surface area (Å²) >= 11 is 1.37. The zero-order valence-electron chi connectivity index (χ0n) is 14.2. The number of sulfonamides is 1. The van der Waals surface area contributed by atoms with Crippen molar-refractivity contribution in [2.24, 2.45) is 0 Å². The van der Waals surface area contributed by atoms with E-state index >= 15 is 0 Å². The monoisotopic (exact) mass is 367 g/mol. The lowest BCUT2D eigenvalue weighted by Gasteiger charge is -2.20. The Labute approximate surface area is 146 Å². The maximum atomic E-state index is 12.7. The first kappa shape index (κ1) is 18.6. The van der Waals surface area contributed by atoms with Crippen molar-refractivity contribution < 1.29 is 13.2 Å². The van der Waals surface area contributed by atoms with Crippen LogP contribution >= 0.6 is 11.3 Å². The fourth-order valence-corrected chi connectivity index (χ4v) is 4.67. The zero-order valence-corrected chi connectivity index (χ0v) is 15.8. The Bertz CT molecular complexity index is 840. The van der Waals surface area contributed by atoms with Gasteiger partial charge in [-0.2, -0.15) is 4.31 Å². The van der Waals surface area contributed by atoms with Crippen LogP contribution in [0, 0.1) is 13.8 Å². The van der Waals surface area contributed by atoms with Gasteiger partial charge in [0.1, 0.15) is 0 Å². The molecule has 1 aromatic heterocycles. The molecule has 1 amide bonds. The van der Waals surface area contributed by atoms with E-state index in [1.54, 1.807) is 39.1 Å². The van der Waals surface area contributed by atoms with Crippen molar-refractivity contribution in [1.82, 2.24) is 9.29 Å². The van der Waals surface area contributed by atoms with E-state index < -0.39 is 10.0 Å². The molecule has 0 aliphatic heterocycles. The molecule has 8 heteroatoms. The van der Waals surface area contributed by atoms with Crippen LogP contribution in [0.5, 0.6) is 0 Å². The van der Waals surface area contributed by atoms with Gasteiger partial charge in [0.15, 0.2) is 5.13 Å². The quantitative estimate of drug-likeness (QED) is 0.851. The Hall–Kier alpha value is -1.77. The lowest BCUT2D eigenvalue weighted by atomic mass is 10.1. The fraction of sp³-hybridized carbons (Fsp3) is 0.375. The number of rotatable bonds is 6. The van der Waals surface area contributed by atoms with Gasteiger partial charge in [-0.15, -0.1) is 11.3 Å². The van der Waals surface area contributed by atoms with Crippen LogP contribution in [0.2, 0.25) is 0 Å². The van der Waals surface area contributed by atoms with E-state index in [0.717, 1.165) is 4.88 Å². The second kappa shape index (κ2) is 7.42. The van der Waals surface area contributed by atoms with Gasteiger partial charge in [-0.3, -0.25) is 10.1 Å². The standard InChI is InChI=1S/C16H21N3O3S2/c1-5-19(6-2)24(21,22)14-9-13(8-7-11(14)3)15(20)18-16-17-10-12(4)23-16/h7-10H,5-6H2,1-4H3,(H,17,18,20). The SMILES string of the molecule is CCN(CC)S(=O)(=O)c1cc(C(=O)Nc2ncc(C)s2)ccc1C. The first-order chi connectivity index (χ1) is 11.3. The van der Waals surface area contributed by atoms with E-state index in [1.807, 2.05) is 6.92 Å². The Morgan fingerprint density at radius 1 is 1.25 bits per heavy atom. The number of aryl methyl sites for hydroxylation is 2. The second-order valence-electron chi connectivity index (χ2n) is 5.30. The van der Waals surface area contributed by atoms with Gasteiger partial charge < -0.3 is 0 Å². The normalized spacial score (nSPS) is 11.7. The van der Waals surface area contributed by atoms with Crippen molar-refractivity contribution in [3.05, 3.63) is 40.4 Å². The third-order valence-electron chi connectivity index (χ3n) is 3.62. The summed E-state index contributed by atoms with van der Waals surface area (Å²) in [7, 11) is -3.62. The summed E-state index contributed by atoms with van der Waals surface area (Å²) in [5.41, 5.74) is 0.905. The van der Waals surface area contributed by atoms with Crippen molar-refractivity contribution in [1.29, 1.82) is 0 Å². The van der Waals surface area contributed by atoms with E-state index in [4.69, 9.17) is 0 Å². The Kier molecular flexibility index (Phi) is 5.74. The van der Waals surface area contributed by atoms with Gasteiger partial charge in [0, 0.05) is 29.7 Å². The molecule has 1 N–H and O–H groups in total. The topological polar surface area (TPSA) is 79.4 Å². The van der Waals surface area contributed by atoms with Crippen molar-refractivity contribution in [3.8, 4) is 0 Å². The van der Waals surface area contributed by atoms with Crippen LogP contribution < -0.4 is 5.32 Å². The average Bonchev–Trinajstić information content (AvgIpc) is 2.93. The van der Waals surface area contributed by atoms with E-state index in [2.05, 4.69) is 10.3 Å². The van der Waals surface area contributed by atoms with Crippen LogP contribution in [0.4, 0.5) is 5.13 Å². The number of amides is 1. The molecule has 0 saturated carbocycles. The summed E-state index contributed by atoms with van der Waals surface area (Å²) in [5, 5.41) is 3.19. The Morgan fingerprint density at radius 3 is 2.46 bits per heavy atom. The van der Waals surface area contributed by atoms with Crippen LogP contribution in [0.3, 0.4) is 0 Å². The molecular weight excluding hydrogens is 346 g/mol. The minimum Gasteiger partial charge on any atom is -0.298 e. The van der Waals surface area contributed by atoms with Gasteiger partial charge in [-0.25, -0.2) is 13.4 Å². The molecule has 0 saturated heterocycles. The largest absolute Gasteiger partial charge is 0.298 e. The van der Waals surface area contributed by atoms with Crippen molar-refractivity contribution >= 4 is 32.4 Å². The number of carbonyl (C=O) groups is 1. The highest BCUT2D eigenvalue weighted by molar-refractivity contribution is 7.89. The van der Waals surface area contributed by atoms with E-state index in [0.29, 0.717) is 29.3 Å². The highest BCUT2D eigenvalue weighted by atomic mass is 32.2. The molecule has 0 unspecified atom stereocenters. The fourth-order valence-electron chi connectivity index (χ4n) is 2.30. The number of hydrogen-bond donors (Lipinski definition) is 1. The molecule has 1 aromatic carbocycles. The summed E-state index contributed by atoms with van der Waals surface area (Å²) in [4.78, 5) is 17.6. The minimum atomic E-state index is -3.62. The van der Waals surface area contributed by atoms with E-state index in [-0.39, 0.29) is 10.8 Å². The van der Waals surface area contributed by atoms with Crippen molar-refractivity contribution in [2.45, 2.75) is 32.6 Å². The highest BCUT2D eigenvalue weighted by Gasteiger charge is 2.24. The van der Waals surface area contributed by atoms with Gasteiger partial charge in [-0.1, -0.05) is 19.9 Å². The van der Waals surface area contributed by atoms with Gasteiger partial charge >= 0.3 is 0 Å². The summed E-state index contributed by atoms with van der Waals surface area (Å²) in [5.74, 6) is -0.375. The first-order valence-electron chi connectivity index (χ1n) is 7.64.